The van der Waals surface area contributed by atoms with Crippen LogP contribution >= 0.6 is 0 Å². The maximum Gasteiger partial charge on any atom is 0.327 e. The second-order valence-electron chi connectivity index (χ2n) is 4.60. The largest absolute Gasteiger partial charge is 0.480 e. The molecule has 0 aromatic rings. The highest BCUT2D eigenvalue weighted by Gasteiger charge is 2.38. The van der Waals surface area contributed by atoms with Gasteiger partial charge < -0.3 is 16.2 Å². The number of amides is 1. The first-order chi connectivity index (χ1) is 8.03. The number of carbonyl (C=O) groups excluding carboxylic acids is 1. The van der Waals surface area contributed by atoms with Gasteiger partial charge in [0.15, 0.2) is 0 Å². The van der Waals surface area contributed by atoms with E-state index in [0.717, 1.165) is 19.3 Å². The van der Waals surface area contributed by atoms with Crippen LogP contribution in [0.25, 0.3) is 0 Å². The molecule has 0 aromatic carbocycles. The number of carboxylic acid groups (broad SMARTS) is 1. The standard InChI is InChI=1S/C12H18N2O3/c1-2-4-9(11(16)17)14-10(15)7-12(8-13)5-3-6-12/h1,9H,3-8,13H2,(H,14,15)(H,16,17). The van der Waals surface area contributed by atoms with Crippen LogP contribution in [0.5, 0.6) is 0 Å². The molecule has 0 spiro atoms. The Hall–Kier alpha value is -1.54. The Morgan fingerprint density at radius 2 is 2.18 bits per heavy atom. The predicted molar refractivity (Wildman–Crippen MR) is 63.0 cm³/mol. The zero-order valence-corrected chi connectivity index (χ0v) is 9.74. The van der Waals surface area contributed by atoms with Gasteiger partial charge in [-0.05, 0) is 24.8 Å². The van der Waals surface area contributed by atoms with Crippen LogP contribution < -0.4 is 11.1 Å². The molecule has 1 amide bonds. The lowest BCUT2D eigenvalue weighted by Gasteiger charge is -2.40. The van der Waals surface area contributed by atoms with Crippen molar-refractivity contribution in [3.8, 4) is 12.3 Å². The van der Waals surface area contributed by atoms with E-state index in [9.17, 15) is 9.59 Å². The Morgan fingerprint density at radius 3 is 2.53 bits per heavy atom. The average Bonchev–Trinajstić information content (AvgIpc) is 2.22. The molecule has 0 saturated heterocycles. The summed E-state index contributed by atoms with van der Waals surface area (Å²) >= 11 is 0. The van der Waals surface area contributed by atoms with Crippen LogP contribution in [-0.2, 0) is 9.59 Å². The minimum absolute atomic E-state index is 0.00328. The summed E-state index contributed by atoms with van der Waals surface area (Å²) in [6, 6.07) is -0.998. The summed E-state index contributed by atoms with van der Waals surface area (Å²) in [5.74, 6) is 0.854. The van der Waals surface area contributed by atoms with E-state index in [1.54, 1.807) is 0 Å². The molecular weight excluding hydrogens is 220 g/mol. The van der Waals surface area contributed by atoms with Gasteiger partial charge in [0.1, 0.15) is 6.04 Å². The fraction of sp³-hybridized carbons (Fsp3) is 0.667. The van der Waals surface area contributed by atoms with Crippen LogP contribution in [0.3, 0.4) is 0 Å². The van der Waals surface area contributed by atoms with E-state index in [4.69, 9.17) is 17.3 Å². The smallest absolute Gasteiger partial charge is 0.327 e. The third kappa shape index (κ3) is 3.46. The molecule has 5 heteroatoms. The molecule has 94 valence electrons. The van der Waals surface area contributed by atoms with E-state index in [1.165, 1.54) is 0 Å². The highest BCUT2D eigenvalue weighted by Crippen LogP contribution is 2.42. The van der Waals surface area contributed by atoms with Gasteiger partial charge in [-0.1, -0.05) is 6.42 Å². The van der Waals surface area contributed by atoms with Crippen LogP contribution in [0.15, 0.2) is 0 Å². The van der Waals surface area contributed by atoms with Gasteiger partial charge in [-0.15, -0.1) is 12.3 Å². The van der Waals surface area contributed by atoms with Gasteiger partial charge in [-0.25, -0.2) is 4.79 Å². The van der Waals surface area contributed by atoms with E-state index in [0.29, 0.717) is 6.54 Å². The summed E-state index contributed by atoms with van der Waals surface area (Å²) in [6.07, 6.45) is 8.28. The van der Waals surface area contributed by atoms with Gasteiger partial charge in [0.2, 0.25) is 5.91 Å². The number of hydrogen-bond donors (Lipinski definition) is 3. The first-order valence-corrected chi connectivity index (χ1v) is 5.69. The minimum Gasteiger partial charge on any atom is -0.480 e. The molecule has 1 rings (SSSR count). The lowest BCUT2D eigenvalue weighted by atomic mass is 9.66. The molecule has 0 radical (unpaired) electrons. The molecule has 0 heterocycles. The van der Waals surface area contributed by atoms with Crippen molar-refractivity contribution in [3.05, 3.63) is 0 Å². The Bertz CT molecular complexity index is 337. The summed E-state index contributed by atoms with van der Waals surface area (Å²) in [4.78, 5) is 22.5. The van der Waals surface area contributed by atoms with E-state index in [-0.39, 0.29) is 24.2 Å². The van der Waals surface area contributed by atoms with Crippen molar-refractivity contribution < 1.29 is 14.7 Å². The maximum atomic E-state index is 11.7. The van der Waals surface area contributed by atoms with Crippen LogP contribution in [0.2, 0.25) is 0 Å². The first kappa shape index (κ1) is 13.5. The molecule has 0 bridgehead atoms. The number of rotatable bonds is 6. The molecule has 1 saturated carbocycles. The van der Waals surface area contributed by atoms with Crippen molar-refractivity contribution in [3.63, 3.8) is 0 Å². The number of nitrogens with one attached hydrogen (secondary N) is 1. The van der Waals surface area contributed by atoms with Gasteiger partial charge in [0, 0.05) is 12.8 Å². The third-order valence-electron chi connectivity index (χ3n) is 3.34. The molecule has 0 aromatic heterocycles. The highest BCUT2D eigenvalue weighted by molar-refractivity contribution is 5.84. The van der Waals surface area contributed by atoms with Gasteiger partial charge >= 0.3 is 5.97 Å². The van der Waals surface area contributed by atoms with E-state index in [2.05, 4.69) is 11.2 Å². The Balaban J connectivity index is 2.48. The zero-order chi connectivity index (χ0) is 12.9. The molecule has 5 nitrogen and oxygen atoms in total. The van der Waals surface area contributed by atoms with Gasteiger partial charge in [0.25, 0.3) is 0 Å². The van der Waals surface area contributed by atoms with Crippen LogP contribution in [0.1, 0.15) is 32.1 Å². The van der Waals surface area contributed by atoms with E-state index in [1.807, 2.05) is 0 Å². The quantitative estimate of drug-likeness (QED) is 0.572. The zero-order valence-electron chi connectivity index (χ0n) is 9.74. The maximum absolute atomic E-state index is 11.7. The Morgan fingerprint density at radius 1 is 1.53 bits per heavy atom. The lowest BCUT2D eigenvalue weighted by Crippen LogP contribution is -2.46. The molecule has 1 unspecified atom stereocenters. The summed E-state index contributed by atoms with van der Waals surface area (Å²) in [6.45, 7) is 0.466. The number of carboxylic acids is 1. The van der Waals surface area contributed by atoms with Crippen LogP contribution in [0, 0.1) is 17.8 Å². The Kier molecular flexibility index (Phi) is 4.53. The van der Waals surface area contributed by atoms with Crippen molar-refractivity contribution in [1.82, 2.24) is 5.32 Å². The summed E-state index contributed by atoms with van der Waals surface area (Å²) in [7, 11) is 0. The van der Waals surface area contributed by atoms with Crippen molar-refractivity contribution in [2.75, 3.05) is 6.54 Å². The molecule has 1 aliphatic carbocycles. The normalized spacial score (nSPS) is 18.6. The number of aliphatic carboxylic acids is 1. The fourth-order valence-electron chi connectivity index (χ4n) is 2.03. The number of carbonyl (C=O) groups is 2. The number of hydrogen-bond acceptors (Lipinski definition) is 3. The van der Waals surface area contributed by atoms with Crippen molar-refractivity contribution in [1.29, 1.82) is 0 Å². The fourth-order valence-corrected chi connectivity index (χ4v) is 2.03. The van der Waals surface area contributed by atoms with Gasteiger partial charge in [-0.3, -0.25) is 4.79 Å². The van der Waals surface area contributed by atoms with Gasteiger partial charge in [0.05, 0.1) is 0 Å². The van der Waals surface area contributed by atoms with Crippen LogP contribution in [0.4, 0.5) is 0 Å². The topological polar surface area (TPSA) is 92.4 Å². The van der Waals surface area contributed by atoms with E-state index < -0.39 is 12.0 Å². The molecule has 1 fully saturated rings. The van der Waals surface area contributed by atoms with Crippen molar-refractivity contribution >= 4 is 11.9 Å². The van der Waals surface area contributed by atoms with Crippen molar-refractivity contribution in [2.45, 2.75) is 38.1 Å². The second kappa shape index (κ2) is 5.69. The molecule has 1 aliphatic rings. The highest BCUT2D eigenvalue weighted by atomic mass is 16.4. The Labute approximate surface area is 101 Å². The predicted octanol–water partition coefficient (Wildman–Crippen LogP) is 0.0982. The molecule has 0 aliphatic heterocycles. The van der Waals surface area contributed by atoms with E-state index >= 15 is 0 Å². The third-order valence-corrected chi connectivity index (χ3v) is 3.34. The minimum atomic E-state index is -1.10. The summed E-state index contributed by atoms with van der Waals surface area (Å²) in [5.41, 5.74) is 5.52. The number of terminal acetylenes is 1. The van der Waals surface area contributed by atoms with Crippen LogP contribution in [-0.4, -0.2) is 29.6 Å². The lowest BCUT2D eigenvalue weighted by molar-refractivity contribution is -0.142. The molecular formula is C12H18N2O3. The van der Waals surface area contributed by atoms with Crippen molar-refractivity contribution in [2.24, 2.45) is 11.1 Å². The SMILES string of the molecule is C#CCC(NC(=O)CC1(CN)CCC1)C(=O)O. The summed E-state index contributed by atoms with van der Waals surface area (Å²) < 4.78 is 0. The van der Waals surface area contributed by atoms with Gasteiger partial charge in [-0.2, -0.15) is 0 Å². The number of nitrogens with two attached hydrogens (primary N) is 1. The molecule has 4 N–H and O–H groups in total. The molecule has 1 atom stereocenters. The first-order valence-electron chi connectivity index (χ1n) is 5.69. The summed E-state index contributed by atoms with van der Waals surface area (Å²) in [5, 5.41) is 11.3. The second-order valence-corrected chi connectivity index (χ2v) is 4.60. The molecule has 17 heavy (non-hydrogen) atoms. The average molecular weight is 238 g/mol. The monoisotopic (exact) mass is 238 g/mol.